The fourth-order valence-electron chi connectivity index (χ4n) is 2.26. The van der Waals surface area contributed by atoms with Crippen LogP contribution in [0.3, 0.4) is 0 Å². The van der Waals surface area contributed by atoms with Crippen molar-refractivity contribution < 1.29 is 45.3 Å². The summed E-state index contributed by atoms with van der Waals surface area (Å²) in [5.74, 6) is -1.86. The van der Waals surface area contributed by atoms with E-state index in [0.29, 0.717) is 5.56 Å². The zero-order valence-electron chi connectivity index (χ0n) is 14.0. The SMILES string of the molecule is O=C1OC(c2ccc(OC(F)(F)F)cc2)=NC1=Cc1ccc(OC(F)(F)F)cc1. The Balaban J connectivity index is 1.75. The van der Waals surface area contributed by atoms with Crippen LogP contribution in [0.2, 0.25) is 0 Å². The van der Waals surface area contributed by atoms with Gasteiger partial charge in [-0.05, 0) is 48.0 Å². The van der Waals surface area contributed by atoms with Gasteiger partial charge in [-0.25, -0.2) is 9.79 Å². The van der Waals surface area contributed by atoms with Gasteiger partial charge in [0.15, 0.2) is 5.70 Å². The summed E-state index contributed by atoms with van der Waals surface area (Å²) < 4.78 is 85.4. The van der Waals surface area contributed by atoms with Crippen LogP contribution in [-0.4, -0.2) is 24.6 Å². The molecule has 1 aliphatic heterocycles. The Bertz CT molecular complexity index is 960. The number of esters is 1. The predicted octanol–water partition coefficient (Wildman–Crippen LogP) is 4.83. The van der Waals surface area contributed by atoms with Gasteiger partial charge < -0.3 is 14.2 Å². The second-order valence-corrected chi connectivity index (χ2v) is 5.53. The lowest BCUT2D eigenvalue weighted by Crippen LogP contribution is -2.17. The maximum atomic E-state index is 12.2. The van der Waals surface area contributed by atoms with Crippen molar-refractivity contribution in [3.05, 3.63) is 65.4 Å². The number of rotatable bonds is 4. The Labute approximate surface area is 158 Å². The molecule has 0 atom stereocenters. The Hall–Kier alpha value is -3.50. The quantitative estimate of drug-likeness (QED) is 0.406. The molecular formula is C18H9F6NO4. The number of alkyl halides is 6. The highest BCUT2D eigenvalue weighted by Crippen LogP contribution is 2.26. The molecule has 0 bridgehead atoms. The van der Waals surface area contributed by atoms with E-state index < -0.39 is 30.2 Å². The number of ether oxygens (including phenoxy) is 3. The van der Waals surface area contributed by atoms with E-state index in [-0.39, 0.29) is 17.2 Å². The molecule has 2 aromatic carbocycles. The van der Waals surface area contributed by atoms with Crippen molar-refractivity contribution in [1.29, 1.82) is 0 Å². The Kier molecular flexibility index (Phi) is 5.23. The molecule has 0 amide bonds. The summed E-state index contributed by atoms with van der Waals surface area (Å²) in [5, 5.41) is 0. The summed E-state index contributed by atoms with van der Waals surface area (Å²) in [7, 11) is 0. The van der Waals surface area contributed by atoms with Crippen LogP contribution in [0.25, 0.3) is 6.08 Å². The highest BCUT2D eigenvalue weighted by molar-refractivity contribution is 6.12. The molecule has 3 rings (SSSR count). The molecule has 29 heavy (non-hydrogen) atoms. The molecule has 0 unspecified atom stereocenters. The molecule has 152 valence electrons. The third kappa shape index (κ3) is 5.74. The minimum absolute atomic E-state index is 0.139. The van der Waals surface area contributed by atoms with Gasteiger partial charge in [0, 0.05) is 5.56 Å². The lowest BCUT2D eigenvalue weighted by Gasteiger charge is -2.08. The topological polar surface area (TPSA) is 57.1 Å². The maximum Gasteiger partial charge on any atom is 0.573 e. The van der Waals surface area contributed by atoms with Crippen molar-refractivity contribution in [2.45, 2.75) is 12.7 Å². The van der Waals surface area contributed by atoms with Crippen LogP contribution in [-0.2, 0) is 9.53 Å². The van der Waals surface area contributed by atoms with Gasteiger partial charge in [0.2, 0.25) is 5.90 Å². The minimum atomic E-state index is -4.84. The fourth-order valence-corrected chi connectivity index (χ4v) is 2.26. The molecule has 0 radical (unpaired) electrons. The van der Waals surface area contributed by atoms with E-state index in [9.17, 15) is 31.1 Å². The number of aliphatic imine (C=N–C) groups is 1. The van der Waals surface area contributed by atoms with Crippen LogP contribution in [0, 0.1) is 0 Å². The highest BCUT2D eigenvalue weighted by atomic mass is 19.4. The third-order valence-electron chi connectivity index (χ3n) is 3.37. The van der Waals surface area contributed by atoms with Crippen LogP contribution in [0.4, 0.5) is 26.3 Å². The molecular weight excluding hydrogens is 408 g/mol. The van der Waals surface area contributed by atoms with Crippen LogP contribution in [0.1, 0.15) is 11.1 Å². The van der Waals surface area contributed by atoms with Gasteiger partial charge in [-0.1, -0.05) is 12.1 Å². The largest absolute Gasteiger partial charge is 0.573 e. The van der Waals surface area contributed by atoms with Gasteiger partial charge in [0.05, 0.1) is 0 Å². The second kappa shape index (κ2) is 7.49. The van der Waals surface area contributed by atoms with Gasteiger partial charge in [0.1, 0.15) is 11.5 Å². The Morgan fingerprint density at radius 3 is 1.76 bits per heavy atom. The molecule has 1 heterocycles. The van der Waals surface area contributed by atoms with E-state index in [2.05, 4.69) is 14.5 Å². The van der Waals surface area contributed by atoms with Gasteiger partial charge in [0.25, 0.3) is 0 Å². The molecule has 5 nitrogen and oxygen atoms in total. The highest BCUT2D eigenvalue weighted by Gasteiger charge is 2.32. The lowest BCUT2D eigenvalue weighted by atomic mass is 10.2. The van der Waals surface area contributed by atoms with Crippen LogP contribution < -0.4 is 9.47 Å². The first-order chi connectivity index (χ1) is 13.5. The Morgan fingerprint density at radius 2 is 1.28 bits per heavy atom. The first-order valence-corrected chi connectivity index (χ1v) is 7.73. The normalized spacial score (nSPS) is 15.9. The van der Waals surface area contributed by atoms with Crippen molar-refractivity contribution in [2.24, 2.45) is 4.99 Å². The molecule has 0 N–H and O–H groups in total. The van der Waals surface area contributed by atoms with E-state index in [1.807, 2.05) is 0 Å². The van der Waals surface area contributed by atoms with E-state index in [1.165, 1.54) is 30.3 Å². The number of hydrogen-bond donors (Lipinski definition) is 0. The maximum absolute atomic E-state index is 12.2. The number of cyclic esters (lactones) is 1. The first-order valence-electron chi connectivity index (χ1n) is 7.73. The summed E-state index contributed by atoms with van der Waals surface area (Å²) in [6, 6.07) is 9.17. The average Bonchev–Trinajstić information content (AvgIpc) is 2.95. The number of halogens is 6. The Morgan fingerprint density at radius 1 is 0.793 bits per heavy atom. The fraction of sp³-hybridized carbons (Fsp3) is 0.111. The number of nitrogens with zero attached hydrogens (tertiary/aromatic N) is 1. The number of carbonyl (C=O) groups is 1. The monoisotopic (exact) mass is 417 g/mol. The smallest absolute Gasteiger partial charge is 0.406 e. The summed E-state index contributed by atoms with van der Waals surface area (Å²) >= 11 is 0. The first kappa shape index (κ1) is 20.2. The molecule has 0 aromatic heterocycles. The van der Waals surface area contributed by atoms with E-state index >= 15 is 0 Å². The van der Waals surface area contributed by atoms with Crippen molar-refractivity contribution in [3.63, 3.8) is 0 Å². The van der Waals surface area contributed by atoms with Crippen molar-refractivity contribution in [1.82, 2.24) is 0 Å². The molecule has 1 aliphatic rings. The number of benzene rings is 2. The number of hydrogen-bond acceptors (Lipinski definition) is 5. The molecule has 0 aliphatic carbocycles. The summed E-state index contributed by atoms with van der Waals surface area (Å²) in [5.41, 5.74) is 0.440. The molecule has 0 saturated heterocycles. The van der Waals surface area contributed by atoms with Gasteiger partial charge >= 0.3 is 18.7 Å². The summed E-state index contributed by atoms with van der Waals surface area (Å²) in [6.07, 6.45) is -8.39. The van der Waals surface area contributed by atoms with Gasteiger partial charge in [-0.3, -0.25) is 0 Å². The third-order valence-corrected chi connectivity index (χ3v) is 3.37. The zero-order chi connectivity index (χ0) is 21.2. The van der Waals surface area contributed by atoms with E-state index in [1.54, 1.807) is 0 Å². The standard InChI is InChI=1S/C18H9F6NO4/c19-17(20,21)28-12-5-1-10(2-6-12)9-14-16(26)27-15(25-14)11-3-7-13(8-4-11)29-18(22,23)24/h1-9H. The summed E-state index contributed by atoms with van der Waals surface area (Å²) in [6.45, 7) is 0. The molecule has 0 spiro atoms. The van der Waals surface area contributed by atoms with Crippen molar-refractivity contribution in [3.8, 4) is 11.5 Å². The van der Waals surface area contributed by atoms with E-state index in [0.717, 1.165) is 24.3 Å². The minimum Gasteiger partial charge on any atom is -0.406 e. The summed E-state index contributed by atoms with van der Waals surface area (Å²) in [4.78, 5) is 15.9. The molecule has 2 aromatic rings. The van der Waals surface area contributed by atoms with Crippen molar-refractivity contribution >= 4 is 17.9 Å². The van der Waals surface area contributed by atoms with Crippen LogP contribution in [0.15, 0.2) is 59.2 Å². The van der Waals surface area contributed by atoms with Gasteiger partial charge in [-0.2, -0.15) is 0 Å². The van der Waals surface area contributed by atoms with Crippen LogP contribution in [0.5, 0.6) is 11.5 Å². The predicted molar refractivity (Wildman–Crippen MR) is 86.9 cm³/mol. The second-order valence-electron chi connectivity index (χ2n) is 5.53. The number of carbonyl (C=O) groups excluding carboxylic acids is 1. The lowest BCUT2D eigenvalue weighted by molar-refractivity contribution is -0.275. The average molecular weight is 417 g/mol. The zero-order valence-corrected chi connectivity index (χ0v) is 14.0. The molecule has 11 heteroatoms. The van der Waals surface area contributed by atoms with Gasteiger partial charge in [-0.15, -0.1) is 26.3 Å². The van der Waals surface area contributed by atoms with E-state index in [4.69, 9.17) is 4.74 Å². The molecule has 0 fully saturated rings. The van der Waals surface area contributed by atoms with Crippen LogP contribution >= 0.6 is 0 Å². The van der Waals surface area contributed by atoms with Crippen molar-refractivity contribution in [2.75, 3.05) is 0 Å². The molecule has 0 saturated carbocycles.